The molecule has 0 radical (unpaired) electrons. The monoisotopic (exact) mass is 289 g/mol. The van der Waals surface area contributed by atoms with Gasteiger partial charge in [-0.3, -0.25) is 5.84 Å². The highest BCUT2D eigenvalue weighted by molar-refractivity contribution is 6.32. The Bertz CT molecular complexity index is 653. The molecule has 0 amide bonds. The van der Waals surface area contributed by atoms with Crippen molar-refractivity contribution in [2.45, 2.75) is 20.0 Å². The number of nitrogens with zero attached hydrogens (tertiary/aromatic N) is 1. The maximum atomic E-state index is 13.0. The van der Waals surface area contributed by atoms with Crippen molar-refractivity contribution in [2.24, 2.45) is 5.84 Å². The van der Waals surface area contributed by atoms with Gasteiger partial charge in [-0.15, -0.1) is 0 Å². The van der Waals surface area contributed by atoms with E-state index >= 15 is 0 Å². The second-order valence-electron chi connectivity index (χ2n) is 4.17. The number of hydrogen-bond acceptors (Lipinski definition) is 3. The molecule has 7 heteroatoms. The SMILES string of the molecule is Cc1c(C(F)(F)F)nc2c(C)c(Cl)ccc2c1NN. The quantitative estimate of drug-likeness (QED) is 0.620. The third-order valence-corrected chi connectivity index (χ3v) is 3.41. The number of aromatic nitrogens is 1. The van der Waals surface area contributed by atoms with E-state index in [1.165, 1.54) is 6.92 Å². The van der Waals surface area contributed by atoms with Crippen molar-refractivity contribution in [2.75, 3.05) is 5.43 Å². The molecular weight excluding hydrogens is 279 g/mol. The summed E-state index contributed by atoms with van der Waals surface area (Å²) in [5, 5.41) is 0.870. The van der Waals surface area contributed by atoms with E-state index in [9.17, 15) is 13.2 Å². The van der Waals surface area contributed by atoms with E-state index in [4.69, 9.17) is 17.4 Å². The van der Waals surface area contributed by atoms with E-state index in [0.29, 0.717) is 16.0 Å². The van der Waals surface area contributed by atoms with Crippen LogP contribution in [0.5, 0.6) is 0 Å². The number of halogens is 4. The van der Waals surface area contributed by atoms with Gasteiger partial charge in [-0.1, -0.05) is 11.6 Å². The Morgan fingerprint density at radius 2 is 1.84 bits per heavy atom. The maximum absolute atomic E-state index is 13.0. The lowest BCUT2D eigenvalue weighted by Crippen LogP contribution is -2.16. The number of alkyl halides is 3. The van der Waals surface area contributed by atoms with Crippen molar-refractivity contribution >= 4 is 28.2 Å². The second-order valence-corrected chi connectivity index (χ2v) is 4.58. The summed E-state index contributed by atoms with van der Waals surface area (Å²) in [6, 6.07) is 3.20. The molecule has 0 atom stereocenters. The molecule has 102 valence electrons. The molecule has 0 aliphatic heterocycles. The predicted molar refractivity (Wildman–Crippen MR) is 69.0 cm³/mol. The summed E-state index contributed by atoms with van der Waals surface area (Å²) in [5.41, 5.74) is 2.20. The molecule has 0 bridgehead atoms. The van der Waals surface area contributed by atoms with Crippen molar-refractivity contribution in [3.05, 3.63) is 34.0 Å². The van der Waals surface area contributed by atoms with Crippen molar-refractivity contribution in [3.8, 4) is 0 Å². The number of benzene rings is 1. The van der Waals surface area contributed by atoms with Crippen molar-refractivity contribution in [1.82, 2.24) is 4.98 Å². The molecule has 3 nitrogen and oxygen atoms in total. The van der Waals surface area contributed by atoms with Crippen LogP contribution in [0.2, 0.25) is 5.02 Å². The molecule has 0 fully saturated rings. The van der Waals surface area contributed by atoms with Crippen LogP contribution in [0.15, 0.2) is 12.1 Å². The number of nitrogen functional groups attached to an aromatic ring is 1. The summed E-state index contributed by atoms with van der Waals surface area (Å²) >= 11 is 5.92. The number of rotatable bonds is 1. The Labute approximate surface area is 112 Å². The fraction of sp³-hybridized carbons (Fsp3) is 0.250. The van der Waals surface area contributed by atoms with Gasteiger partial charge in [-0.25, -0.2) is 4.98 Å². The van der Waals surface area contributed by atoms with Crippen LogP contribution in [0.25, 0.3) is 10.9 Å². The van der Waals surface area contributed by atoms with Gasteiger partial charge in [0.1, 0.15) is 5.69 Å². The summed E-state index contributed by atoms with van der Waals surface area (Å²) in [6.07, 6.45) is -4.54. The highest BCUT2D eigenvalue weighted by atomic mass is 35.5. The fourth-order valence-corrected chi connectivity index (χ4v) is 2.15. The number of nitrogens with one attached hydrogen (secondary N) is 1. The van der Waals surface area contributed by atoms with E-state index in [0.717, 1.165) is 0 Å². The van der Waals surface area contributed by atoms with Crippen LogP contribution in [0, 0.1) is 13.8 Å². The highest BCUT2D eigenvalue weighted by Gasteiger charge is 2.36. The molecular formula is C12H11ClF3N3. The molecule has 3 N–H and O–H groups in total. The van der Waals surface area contributed by atoms with Gasteiger partial charge < -0.3 is 5.43 Å². The van der Waals surface area contributed by atoms with Crippen molar-refractivity contribution in [3.63, 3.8) is 0 Å². The minimum Gasteiger partial charge on any atom is -0.323 e. The van der Waals surface area contributed by atoms with Gasteiger partial charge in [0.05, 0.1) is 11.2 Å². The highest BCUT2D eigenvalue weighted by Crippen LogP contribution is 2.38. The van der Waals surface area contributed by atoms with Gasteiger partial charge in [0, 0.05) is 16.0 Å². The van der Waals surface area contributed by atoms with Crippen LogP contribution in [-0.2, 0) is 6.18 Å². The topological polar surface area (TPSA) is 50.9 Å². The first-order valence-corrected chi connectivity index (χ1v) is 5.78. The number of fused-ring (bicyclic) bond motifs is 1. The zero-order chi connectivity index (χ0) is 14.4. The van der Waals surface area contributed by atoms with Crippen LogP contribution in [0.1, 0.15) is 16.8 Å². The molecule has 0 spiro atoms. The number of nitrogens with two attached hydrogens (primary N) is 1. The third kappa shape index (κ3) is 2.21. The van der Waals surface area contributed by atoms with E-state index in [1.807, 2.05) is 0 Å². The van der Waals surface area contributed by atoms with E-state index in [1.54, 1.807) is 19.1 Å². The third-order valence-electron chi connectivity index (χ3n) is 3.00. The molecule has 1 aromatic heterocycles. The van der Waals surface area contributed by atoms with E-state index in [-0.39, 0.29) is 16.8 Å². The molecule has 0 aliphatic carbocycles. The van der Waals surface area contributed by atoms with Gasteiger partial charge in [0.15, 0.2) is 0 Å². The average Bonchev–Trinajstić information content (AvgIpc) is 2.32. The Morgan fingerprint density at radius 3 is 2.37 bits per heavy atom. The maximum Gasteiger partial charge on any atom is 0.433 e. The van der Waals surface area contributed by atoms with Gasteiger partial charge in [0.2, 0.25) is 0 Å². The molecule has 0 unspecified atom stereocenters. The van der Waals surface area contributed by atoms with E-state index < -0.39 is 11.9 Å². The molecule has 2 aromatic rings. The predicted octanol–water partition coefficient (Wildman–Crippen LogP) is 3.81. The zero-order valence-electron chi connectivity index (χ0n) is 10.2. The lowest BCUT2D eigenvalue weighted by Gasteiger charge is -2.17. The summed E-state index contributed by atoms with van der Waals surface area (Å²) in [4.78, 5) is 3.71. The molecule has 0 saturated heterocycles. The Balaban J connectivity index is 2.96. The van der Waals surface area contributed by atoms with Crippen LogP contribution < -0.4 is 11.3 Å². The molecule has 0 aliphatic rings. The smallest absolute Gasteiger partial charge is 0.323 e. The number of aryl methyl sites for hydroxylation is 1. The van der Waals surface area contributed by atoms with Crippen LogP contribution >= 0.6 is 11.6 Å². The lowest BCUT2D eigenvalue weighted by atomic mass is 10.0. The van der Waals surface area contributed by atoms with E-state index in [2.05, 4.69) is 10.4 Å². The fourth-order valence-electron chi connectivity index (χ4n) is 2.00. The zero-order valence-corrected chi connectivity index (χ0v) is 10.9. The molecule has 1 heterocycles. The van der Waals surface area contributed by atoms with Crippen LogP contribution in [0.3, 0.4) is 0 Å². The van der Waals surface area contributed by atoms with Crippen LogP contribution in [-0.4, -0.2) is 4.98 Å². The van der Waals surface area contributed by atoms with Gasteiger partial charge in [0.25, 0.3) is 0 Å². The standard InChI is InChI=1S/C12H11ClF3N3/c1-5-8(13)4-3-7-9(5)18-11(12(14,15)16)6(2)10(7)19-17/h3-4H,17H2,1-2H3,(H,18,19). The normalized spacial score (nSPS) is 11.9. The Morgan fingerprint density at radius 1 is 1.21 bits per heavy atom. The van der Waals surface area contributed by atoms with Crippen molar-refractivity contribution in [1.29, 1.82) is 0 Å². The minimum atomic E-state index is -4.54. The second kappa shape index (κ2) is 4.54. The summed E-state index contributed by atoms with van der Waals surface area (Å²) in [6.45, 7) is 2.95. The average molecular weight is 290 g/mol. The number of pyridine rings is 1. The van der Waals surface area contributed by atoms with Gasteiger partial charge >= 0.3 is 6.18 Å². The van der Waals surface area contributed by atoms with Gasteiger partial charge in [-0.2, -0.15) is 13.2 Å². The number of hydrazine groups is 1. The summed E-state index contributed by atoms with van der Waals surface area (Å²) in [5.74, 6) is 5.34. The molecule has 19 heavy (non-hydrogen) atoms. The summed E-state index contributed by atoms with van der Waals surface area (Å²) < 4.78 is 38.9. The van der Waals surface area contributed by atoms with Crippen LogP contribution in [0.4, 0.5) is 18.9 Å². The largest absolute Gasteiger partial charge is 0.433 e. The van der Waals surface area contributed by atoms with Crippen molar-refractivity contribution < 1.29 is 13.2 Å². The Hall–Kier alpha value is -1.53. The molecule has 2 rings (SSSR count). The number of hydrogen-bond donors (Lipinski definition) is 2. The number of anilines is 1. The minimum absolute atomic E-state index is 0.0378. The summed E-state index contributed by atoms with van der Waals surface area (Å²) in [7, 11) is 0. The first kappa shape index (κ1) is 13.9. The Kier molecular flexibility index (Phi) is 3.32. The molecule has 1 aromatic carbocycles. The lowest BCUT2D eigenvalue weighted by molar-refractivity contribution is -0.141. The molecule has 0 saturated carbocycles. The first-order chi connectivity index (χ1) is 8.77. The first-order valence-electron chi connectivity index (χ1n) is 5.40. The van der Waals surface area contributed by atoms with Gasteiger partial charge in [-0.05, 0) is 31.5 Å².